The highest BCUT2D eigenvalue weighted by Crippen LogP contribution is 2.28. The molecule has 0 amide bonds. The standard InChI is InChI=1S/C20H20FN3O4S/c1-3-4-5-17-23-19(25)18(20(26)24-17)29(27,28)14-8-6-13(7-9-14)15-10-11-16(21)22-12(15)2/h6-11H,3-5H2,1-2H3,(H2,23,24,25,26). The summed E-state index contributed by atoms with van der Waals surface area (Å²) in [6, 6.07) is 8.47. The lowest BCUT2D eigenvalue weighted by molar-refractivity contribution is 0.428. The summed E-state index contributed by atoms with van der Waals surface area (Å²) in [4.78, 5) is 21.4. The Morgan fingerprint density at radius 2 is 1.79 bits per heavy atom. The predicted molar refractivity (Wildman–Crippen MR) is 105 cm³/mol. The second kappa shape index (κ2) is 8.12. The number of hydrogen-bond acceptors (Lipinski definition) is 6. The second-order valence-corrected chi connectivity index (χ2v) is 8.45. The van der Waals surface area contributed by atoms with Crippen LogP contribution in [0.5, 0.6) is 5.88 Å². The molecule has 3 rings (SSSR count). The van der Waals surface area contributed by atoms with Gasteiger partial charge in [0, 0.05) is 17.7 Å². The number of rotatable bonds is 6. The Morgan fingerprint density at radius 3 is 2.38 bits per heavy atom. The minimum atomic E-state index is -4.29. The van der Waals surface area contributed by atoms with Gasteiger partial charge in [0.2, 0.25) is 21.7 Å². The molecule has 0 spiro atoms. The van der Waals surface area contributed by atoms with Crippen LogP contribution >= 0.6 is 0 Å². The highest BCUT2D eigenvalue weighted by atomic mass is 32.2. The van der Waals surface area contributed by atoms with Gasteiger partial charge in [-0.05, 0) is 43.2 Å². The van der Waals surface area contributed by atoms with Crippen LogP contribution in [0.3, 0.4) is 0 Å². The maximum Gasteiger partial charge on any atom is 0.274 e. The topological polar surface area (TPSA) is 113 Å². The first-order valence-corrected chi connectivity index (χ1v) is 10.5. The maximum atomic E-state index is 13.2. The van der Waals surface area contributed by atoms with E-state index in [4.69, 9.17) is 0 Å². The monoisotopic (exact) mass is 417 g/mol. The quantitative estimate of drug-likeness (QED) is 0.596. The number of benzene rings is 1. The molecule has 0 aliphatic rings. The normalized spacial score (nSPS) is 11.6. The number of pyridine rings is 1. The first kappa shape index (κ1) is 20.7. The van der Waals surface area contributed by atoms with E-state index in [1.54, 1.807) is 13.0 Å². The van der Waals surface area contributed by atoms with Crippen LogP contribution < -0.4 is 5.56 Å². The van der Waals surface area contributed by atoms with Crippen molar-refractivity contribution in [2.24, 2.45) is 0 Å². The molecule has 1 aromatic carbocycles. The van der Waals surface area contributed by atoms with E-state index < -0.39 is 32.1 Å². The molecule has 0 fully saturated rings. The zero-order valence-corrected chi connectivity index (χ0v) is 16.8. The molecular weight excluding hydrogens is 397 g/mol. The molecule has 2 aromatic heterocycles. The number of nitrogens with zero attached hydrogens (tertiary/aromatic N) is 2. The molecule has 3 aromatic rings. The number of aromatic amines is 1. The lowest BCUT2D eigenvalue weighted by Crippen LogP contribution is -2.21. The number of halogens is 1. The molecule has 0 saturated heterocycles. The molecule has 0 saturated carbocycles. The Labute approximate surface area is 167 Å². The summed E-state index contributed by atoms with van der Waals surface area (Å²) in [5.74, 6) is -1.18. The fourth-order valence-electron chi connectivity index (χ4n) is 2.97. The van der Waals surface area contributed by atoms with Gasteiger partial charge in [0.1, 0.15) is 5.82 Å². The van der Waals surface area contributed by atoms with Crippen molar-refractivity contribution in [1.82, 2.24) is 15.0 Å². The molecule has 0 aliphatic heterocycles. The average Bonchev–Trinajstić information content (AvgIpc) is 2.66. The number of aryl methyl sites for hydroxylation is 2. The number of unbranched alkanes of at least 4 members (excludes halogenated alkanes) is 1. The maximum absolute atomic E-state index is 13.2. The zero-order valence-electron chi connectivity index (χ0n) is 15.9. The van der Waals surface area contributed by atoms with E-state index in [0.717, 1.165) is 12.8 Å². The predicted octanol–water partition coefficient (Wildman–Crippen LogP) is 3.16. The van der Waals surface area contributed by atoms with Crippen LogP contribution in [-0.2, 0) is 16.3 Å². The zero-order chi connectivity index (χ0) is 21.2. The minimum Gasteiger partial charge on any atom is -0.492 e. The van der Waals surface area contributed by atoms with Crippen molar-refractivity contribution in [1.29, 1.82) is 0 Å². The number of hydrogen-bond donors (Lipinski definition) is 2. The molecule has 9 heteroatoms. The molecule has 2 N–H and O–H groups in total. The summed E-state index contributed by atoms with van der Waals surface area (Å²) in [6.45, 7) is 3.61. The first-order chi connectivity index (χ1) is 13.7. The molecule has 2 heterocycles. The largest absolute Gasteiger partial charge is 0.492 e. The first-order valence-electron chi connectivity index (χ1n) is 9.05. The summed E-state index contributed by atoms with van der Waals surface area (Å²) in [6.07, 6.45) is 2.03. The van der Waals surface area contributed by atoms with Gasteiger partial charge >= 0.3 is 0 Å². The third-order valence-electron chi connectivity index (χ3n) is 4.47. The van der Waals surface area contributed by atoms with E-state index >= 15 is 0 Å². The molecule has 0 unspecified atom stereocenters. The fourth-order valence-corrected chi connectivity index (χ4v) is 4.28. The molecule has 29 heavy (non-hydrogen) atoms. The van der Waals surface area contributed by atoms with Gasteiger partial charge in [-0.25, -0.2) is 13.4 Å². The van der Waals surface area contributed by atoms with Gasteiger partial charge in [-0.1, -0.05) is 25.5 Å². The van der Waals surface area contributed by atoms with Crippen molar-refractivity contribution >= 4 is 9.84 Å². The number of aromatic nitrogens is 3. The van der Waals surface area contributed by atoms with Crippen LogP contribution in [0.15, 0.2) is 51.0 Å². The summed E-state index contributed by atoms with van der Waals surface area (Å²) >= 11 is 0. The van der Waals surface area contributed by atoms with Crippen LogP contribution in [0.4, 0.5) is 4.39 Å². The minimum absolute atomic E-state index is 0.169. The van der Waals surface area contributed by atoms with Crippen molar-refractivity contribution in [3.05, 3.63) is 64.2 Å². The van der Waals surface area contributed by atoms with Gasteiger partial charge < -0.3 is 10.1 Å². The van der Waals surface area contributed by atoms with Crippen molar-refractivity contribution in [3.8, 4) is 17.0 Å². The fraction of sp³-hybridized carbons (Fsp3) is 0.250. The van der Waals surface area contributed by atoms with Gasteiger partial charge in [0.05, 0.1) is 4.90 Å². The summed E-state index contributed by atoms with van der Waals surface area (Å²) in [5, 5.41) is 10.1. The molecule has 0 atom stereocenters. The second-order valence-electron chi connectivity index (χ2n) is 6.56. The number of H-pyrrole nitrogens is 1. The van der Waals surface area contributed by atoms with Gasteiger partial charge in [-0.3, -0.25) is 4.79 Å². The lowest BCUT2D eigenvalue weighted by atomic mass is 10.1. The highest BCUT2D eigenvalue weighted by Gasteiger charge is 2.27. The van der Waals surface area contributed by atoms with Gasteiger partial charge in [0.15, 0.2) is 4.90 Å². The van der Waals surface area contributed by atoms with E-state index in [-0.39, 0.29) is 10.7 Å². The number of aromatic hydroxyl groups is 1. The van der Waals surface area contributed by atoms with Crippen molar-refractivity contribution in [2.45, 2.75) is 42.9 Å². The molecule has 0 radical (unpaired) electrons. The van der Waals surface area contributed by atoms with Crippen LogP contribution in [0.2, 0.25) is 0 Å². The third kappa shape index (κ3) is 4.19. The van der Waals surface area contributed by atoms with Crippen molar-refractivity contribution in [2.75, 3.05) is 0 Å². The Morgan fingerprint density at radius 1 is 1.10 bits per heavy atom. The van der Waals surface area contributed by atoms with Crippen LogP contribution in [0.1, 0.15) is 31.3 Å². The average molecular weight is 417 g/mol. The van der Waals surface area contributed by atoms with E-state index in [1.807, 2.05) is 6.92 Å². The summed E-state index contributed by atoms with van der Waals surface area (Å²) in [7, 11) is -4.29. The Balaban J connectivity index is 1.99. The smallest absolute Gasteiger partial charge is 0.274 e. The Kier molecular flexibility index (Phi) is 5.78. The molecule has 0 bridgehead atoms. The molecule has 0 aliphatic carbocycles. The SMILES string of the molecule is CCCCc1nc(O)c(S(=O)(=O)c2ccc(-c3ccc(F)nc3C)cc2)c(=O)[nH]1. The van der Waals surface area contributed by atoms with Crippen molar-refractivity contribution < 1.29 is 17.9 Å². The van der Waals surface area contributed by atoms with Crippen molar-refractivity contribution in [3.63, 3.8) is 0 Å². The van der Waals surface area contributed by atoms with E-state index in [0.29, 0.717) is 23.2 Å². The van der Waals surface area contributed by atoms with E-state index in [2.05, 4.69) is 15.0 Å². The van der Waals surface area contributed by atoms with Gasteiger partial charge in [-0.2, -0.15) is 9.37 Å². The Bertz CT molecular complexity index is 1210. The van der Waals surface area contributed by atoms with Crippen LogP contribution in [0, 0.1) is 12.9 Å². The summed E-state index contributed by atoms with van der Waals surface area (Å²) in [5.41, 5.74) is 0.839. The number of sulfone groups is 1. The Hall–Kier alpha value is -3.07. The van der Waals surface area contributed by atoms with Crippen LogP contribution in [0.25, 0.3) is 11.1 Å². The molecule has 152 valence electrons. The van der Waals surface area contributed by atoms with Gasteiger partial charge in [-0.15, -0.1) is 0 Å². The summed E-state index contributed by atoms with van der Waals surface area (Å²) < 4.78 is 38.9. The van der Waals surface area contributed by atoms with E-state index in [9.17, 15) is 22.7 Å². The molecule has 7 nitrogen and oxygen atoms in total. The molecular formula is C20H20FN3O4S. The third-order valence-corrected chi connectivity index (χ3v) is 6.27. The van der Waals surface area contributed by atoms with Crippen LogP contribution in [-0.4, -0.2) is 28.5 Å². The van der Waals surface area contributed by atoms with Gasteiger partial charge in [0.25, 0.3) is 5.56 Å². The number of nitrogens with one attached hydrogen (secondary N) is 1. The lowest BCUT2D eigenvalue weighted by Gasteiger charge is -2.09. The highest BCUT2D eigenvalue weighted by molar-refractivity contribution is 7.91. The van der Waals surface area contributed by atoms with E-state index in [1.165, 1.54) is 30.3 Å².